The van der Waals surface area contributed by atoms with Crippen LogP contribution in [0, 0.1) is 6.92 Å². The van der Waals surface area contributed by atoms with Crippen molar-refractivity contribution in [3.8, 4) is 22.6 Å². The van der Waals surface area contributed by atoms with E-state index in [0.717, 1.165) is 38.9 Å². The summed E-state index contributed by atoms with van der Waals surface area (Å²) in [5, 5.41) is 8.26. The highest BCUT2D eigenvalue weighted by atomic mass is 15.2. The molecule has 0 fully saturated rings. The van der Waals surface area contributed by atoms with Crippen molar-refractivity contribution < 1.29 is 0 Å². The van der Waals surface area contributed by atoms with E-state index in [1.165, 1.54) is 0 Å². The molecule has 7 heteroatoms. The van der Waals surface area contributed by atoms with Gasteiger partial charge < -0.3 is 4.98 Å². The highest BCUT2D eigenvalue weighted by Gasteiger charge is 2.15. The van der Waals surface area contributed by atoms with Crippen molar-refractivity contribution in [3.63, 3.8) is 0 Å². The highest BCUT2D eigenvalue weighted by Crippen LogP contribution is 2.29. The van der Waals surface area contributed by atoms with Crippen LogP contribution in [0.1, 0.15) is 5.56 Å². The van der Waals surface area contributed by atoms with Gasteiger partial charge in [-0.15, -0.1) is 0 Å². The summed E-state index contributed by atoms with van der Waals surface area (Å²) in [5.41, 5.74) is 6.18. The molecule has 5 aromatic rings. The molecule has 0 aromatic carbocycles. The Hall–Kier alpha value is -3.61. The Kier molecular flexibility index (Phi) is 2.87. The van der Waals surface area contributed by atoms with Crippen molar-refractivity contribution in [3.05, 3.63) is 54.6 Å². The van der Waals surface area contributed by atoms with Gasteiger partial charge in [0.25, 0.3) is 0 Å². The summed E-state index contributed by atoms with van der Waals surface area (Å²) in [4.78, 5) is 20.8. The fraction of sp³-hybridized carbons (Fsp3) is 0.0556. The van der Waals surface area contributed by atoms with Gasteiger partial charge in [0, 0.05) is 35.9 Å². The molecule has 0 saturated heterocycles. The molecular weight excluding hydrogens is 314 g/mol. The third-order valence-corrected chi connectivity index (χ3v) is 4.25. The zero-order valence-corrected chi connectivity index (χ0v) is 13.4. The average molecular weight is 327 g/mol. The van der Waals surface area contributed by atoms with Crippen LogP contribution < -0.4 is 0 Å². The molecule has 5 rings (SSSR count). The van der Waals surface area contributed by atoms with E-state index in [9.17, 15) is 0 Å². The number of aromatic nitrogens is 7. The molecule has 0 atom stereocenters. The minimum Gasteiger partial charge on any atom is -0.321 e. The summed E-state index contributed by atoms with van der Waals surface area (Å²) in [6.45, 7) is 2.06. The molecule has 0 aliphatic rings. The second-order valence-electron chi connectivity index (χ2n) is 5.84. The quantitative estimate of drug-likeness (QED) is 0.519. The maximum atomic E-state index is 4.58. The minimum absolute atomic E-state index is 0.668. The molecule has 0 amide bonds. The standard InChI is InChI=1S/C18H13N7/c1-10-4-6-19-9-13(10)11-7-12-15(24-25-16(12)21-8-11)18-22-14-3-2-5-20-17(14)23-18/h2-9H,1H3,(H,20,22,23)(H,21,24,25). The number of aromatic amines is 2. The lowest BCUT2D eigenvalue weighted by molar-refractivity contribution is 1.09. The molecule has 7 nitrogen and oxygen atoms in total. The first-order chi connectivity index (χ1) is 12.3. The molecule has 0 bridgehead atoms. The van der Waals surface area contributed by atoms with E-state index in [1.807, 2.05) is 30.6 Å². The molecule has 2 N–H and O–H groups in total. The number of pyridine rings is 3. The lowest BCUT2D eigenvalue weighted by atomic mass is 10.0. The monoisotopic (exact) mass is 327 g/mol. The largest absolute Gasteiger partial charge is 0.321 e. The van der Waals surface area contributed by atoms with E-state index in [1.54, 1.807) is 12.4 Å². The zero-order valence-electron chi connectivity index (χ0n) is 13.4. The predicted octanol–water partition coefficient (Wildman–Crippen LogP) is 3.27. The molecule has 0 spiro atoms. The van der Waals surface area contributed by atoms with Crippen molar-refractivity contribution in [1.29, 1.82) is 0 Å². The van der Waals surface area contributed by atoms with Crippen LogP contribution in [0.15, 0.2) is 49.1 Å². The van der Waals surface area contributed by atoms with Crippen molar-refractivity contribution in [1.82, 2.24) is 35.1 Å². The SMILES string of the molecule is Cc1ccncc1-c1cnc2[nH]nc(-c3nc4cccnc4[nH]3)c2c1. The van der Waals surface area contributed by atoms with E-state index in [-0.39, 0.29) is 0 Å². The van der Waals surface area contributed by atoms with Gasteiger partial charge in [-0.05, 0) is 36.8 Å². The lowest BCUT2D eigenvalue weighted by Crippen LogP contribution is -1.87. The third-order valence-electron chi connectivity index (χ3n) is 4.25. The van der Waals surface area contributed by atoms with Crippen molar-refractivity contribution in [2.45, 2.75) is 6.92 Å². The lowest BCUT2D eigenvalue weighted by Gasteiger charge is -2.04. The first-order valence-electron chi connectivity index (χ1n) is 7.86. The van der Waals surface area contributed by atoms with Crippen LogP contribution in [0.3, 0.4) is 0 Å². The summed E-state index contributed by atoms with van der Waals surface area (Å²) < 4.78 is 0. The van der Waals surface area contributed by atoms with Crippen molar-refractivity contribution in [2.75, 3.05) is 0 Å². The Labute approximate surface area is 142 Å². The maximum absolute atomic E-state index is 4.58. The van der Waals surface area contributed by atoms with E-state index >= 15 is 0 Å². The molecule has 0 saturated carbocycles. The first kappa shape index (κ1) is 13.8. The third kappa shape index (κ3) is 2.17. The highest BCUT2D eigenvalue weighted by molar-refractivity contribution is 5.93. The van der Waals surface area contributed by atoms with Gasteiger partial charge >= 0.3 is 0 Å². The van der Waals surface area contributed by atoms with Crippen LogP contribution in [0.2, 0.25) is 0 Å². The van der Waals surface area contributed by atoms with E-state index < -0.39 is 0 Å². The van der Waals surface area contributed by atoms with Crippen molar-refractivity contribution >= 4 is 22.2 Å². The molecule has 0 aliphatic carbocycles. The number of imidazole rings is 1. The van der Waals surface area contributed by atoms with Gasteiger partial charge in [-0.25, -0.2) is 15.0 Å². The number of aryl methyl sites for hydroxylation is 1. The number of fused-ring (bicyclic) bond motifs is 2. The zero-order chi connectivity index (χ0) is 16.8. The van der Waals surface area contributed by atoms with E-state index in [4.69, 9.17) is 0 Å². The molecule has 0 unspecified atom stereocenters. The first-order valence-corrected chi connectivity index (χ1v) is 7.86. The van der Waals surface area contributed by atoms with Crippen molar-refractivity contribution in [2.24, 2.45) is 0 Å². The second kappa shape index (κ2) is 5.20. The Bertz CT molecular complexity index is 1190. The van der Waals surface area contributed by atoms with Gasteiger partial charge in [-0.3, -0.25) is 10.1 Å². The molecule has 0 radical (unpaired) electrons. The molecule has 0 aliphatic heterocycles. The van der Waals surface area contributed by atoms with Gasteiger partial charge in [0.1, 0.15) is 11.2 Å². The van der Waals surface area contributed by atoms with Gasteiger partial charge in [0.2, 0.25) is 0 Å². The van der Waals surface area contributed by atoms with E-state index in [2.05, 4.69) is 48.1 Å². The molecule has 5 aromatic heterocycles. The Morgan fingerprint density at radius 3 is 2.84 bits per heavy atom. The van der Waals surface area contributed by atoms with Crippen LogP contribution in [0.4, 0.5) is 0 Å². The van der Waals surface area contributed by atoms with E-state index in [0.29, 0.717) is 11.5 Å². The topological polar surface area (TPSA) is 96.0 Å². The normalized spacial score (nSPS) is 11.4. The fourth-order valence-electron chi connectivity index (χ4n) is 2.95. The van der Waals surface area contributed by atoms with Crippen LogP contribution in [-0.4, -0.2) is 35.1 Å². The number of hydrogen-bond donors (Lipinski definition) is 2. The Morgan fingerprint density at radius 2 is 1.96 bits per heavy atom. The minimum atomic E-state index is 0.668. The summed E-state index contributed by atoms with van der Waals surface area (Å²) in [7, 11) is 0. The Morgan fingerprint density at radius 1 is 1.00 bits per heavy atom. The number of rotatable bonds is 2. The smallest absolute Gasteiger partial charge is 0.161 e. The molecule has 120 valence electrons. The number of nitrogens with zero attached hydrogens (tertiary/aromatic N) is 5. The predicted molar refractivity (Wildman–Crippen MR) is 94.7 cm³/mol. The number of hydrogen-bond acceptors (Lipinski definition) is 5. The van der Waals surface area contributed by atoms with Gasteiger partial charge in [0.15, 0.2) is 17.1 Å². The summed E-state index contributed by atoms with van der Waals surface area (Å²) in [6.07, 6.45) is 7.20. The number of nitrogens with one attached hydrogen (secondary N) is 2. The van der Waals surface area contributed by atoms with Gasteiger partial charge in [-0.2, -0.15) is 5.10 Å². The summed E-state index contributed by atoms with van der Waals surface area (Å²) >= 11 is 0. The van der Waals surface area contributed by atoms with Crippen LogP contribution in [0.5, 0.6) is 0 Å². The second-order valence-corrected chi connectivity index (χ2v) is 5.84. The maximum Gasteiger partial charge on any atom is 0.161 e. The fourth-order valence-corrected chi connectivity index (χ4v) is 2.95. The Balaban J connectivity index is 1.71. The van der Waals surface area contributed by atoms with Crippen LogP contribution >= 0.6 is 0 Å². The number of H-pyrrole nitrogens is 2. The van der Waals surface area contributed by atoms with Crippen LogP contribution in [-0.2, 0) is 0 Å². The molecular formula is C18H13N7. The molecule has 25 heavy (non-hydrogen) atoms. The summed E-state index contributed by atoms with van der Waals surface area (Å²) in [5.74, 6) is 0.668. The summed E-state index contributed by atoms with van der Waals surface area (Å²) in [6, 6.07) is 7.83. The average Bonchev–Trinajstić information content (AvgIpc) is 3.25. The molecule has 5 heterocycles. The van der Waals surface area contributed by atoms with Gasteiger partial charge in [0.05, 0.1) is 5.39 Å². The van der Waals surface area contributed by atoms with Crippen LogP contribution in [0.25, 0.3) is 44.8 Å². The van der Waals surface area contributed by atoms with Gasteiger partial charge in [-0.1, -0.05) is 0 Å².